The first-order valence-corrected chi connectivity index (χ1v) is 7.37. The third-order valence-electron chi connectivity index (χ3n) is 4.05. The van der Waals surface area contributed by atoms with Crippen LogP contribution in [0.2, 0.25) is 0 Å². The van der Waals surface area contributed by atoms with Crippen molar-refractivity contribution in [1.29, 1.82) is 5.26 Å². The molecule has 0 radical (unpaired) electrons. The highest BCUT2D eigenvalue weighted by atomic mass is 16.5. The lowest BCUT2D eigenvalue weighted by Gasteiger charge is -2.27. The second-order valence-corrected chi connectivity index (χ2v) is 6.07. The van der Waals surface area contributed by atoms with Crippen LogP contribution < -0.4 is 0 Å². The number of rotatable bonds is 3. The minimum absolute atomic E-state index is 0.0200. The van der Waals surface area contributed by atoms with Crippen LogP contribution in [0.25, 0.3) is 0 Å². The first kappa shape index (κ1) is 14.6. The predicted molar refractivity (Wildman–Crippen MR) is 80.4 cm³/mol. The van der Waals surface area contributed by atoms with Gasteiger partial charge >= 0.3 is 0 Å². The Labute approximate surface area is 121 Å². The minimum Gasteiger partial charge on any atom is -0.623 e. The molecule has 1 saturated carbocycles. The summed E-state index contributed by atoms with van der Waals surface area (Å²) in [5.74, 6) is 0. The summed E-state index contributed by atoms with van der Waals surface area (Å²) in [6.07, 6.45) is 5.30. The topological polar surface area (TPSA) is 49.9 Å². The maximum atomic E-state index is 12.8. The zero-order valence-corrected chi connectivity index (χ0v) is 12.3. The normalized spacial score (nSPS) is 18.2. The van der Waals surface area contributed by atoms with Gasteiger partial charge in [-0.2, -0.15) is 5.26 Å². The summed E-state index contributed by atoms with van der Waals surface area (Å²) >= 11 is 0. The summed E-state index contributed by atoms with van der Waals surface area (Å²) in [4.78, 5) is 0. The Hall–Kier alpha value is -1.82. The molecule has 0 atom stereocenters. The molecule has 0 aliphatic heterocycles. The van der Waals surface area contributed by atoms with E-state index in [1.54, 1.807) is 0 Å². The summed E-state index contributed by atoms with van der Waals surface area (Å²) < 4.78 is 1.12. The number of benzene rings is 1. The smallest absolute Gasteiger partial charge is 0.214 e. The minimum atomic E-state index is -0.777. The molecule has 1 aromatic rings. The standard InChI is InChI=1S/C17H22N2O/c1-17(2,13-18)16(14-9-5-3-6-10-14)19(20)15-11-7-4-8-12-15/h3,5-6,9-10,15H,4,7-8,11-12H2,1-2H3/b19-16-. The molecular weight excluding hydrogens is 248 g/mol. The van der Waals surface area contributed by atoms with Gasteiger partial charge in [0.1, 0.15) is 5.41 Å². The van der Waals surface area contributed by atoms with Gasteiger partial charge in [0.15, 0.2) is 6.04 Å². The van der Waals surface area contributed by atoms with Crippen molar-refractivity contribution in [2.24, 2.45) is 5.41 Å². The second kappa shape index (κ2) is 6.09. The molecule has 2 rings (SSSR count). The Balaban J connectivity index is 2.48. The number of hydrogen-bond donors (Lipinski definition) is 0. The second-order valence-electron chi connectivity index (χ2n) is 6.07. The van der Waals surface area contributed by atoms with Crippen molar-refractivity contribution < 1.29 is 4.74 Å². The van der Waals surface area contributed by atoms with Crippen LogP contribution in [-0.2, 0) is 0 Å². The van der Waals surface area contributed by atoms with Gasteiger partial charge in [-0.1, -0.05) is 24.6 Å². The van der Waals surface area contributed by atoms with Crippen molar-refractivity contribution in [1.82, 2.24) is 0 Å². The van der Waals surface area contributed by atoms with Gasteiger partial charge in [0, 0.05) is 18.4 Å². The van der Waals surface area contributed by atoms with E-state index in [0.717, 1.165) is 36.0 Å². The van der Waals surface area contributed by atoms with Crippen LogP contribution in [-0.4, -0.2) is 16.5 Å². The molecule has 20 heavy (non-hydrogen) atoms. The van der Waals surface area contributed by atoms with Gasteiger partial charge in [-0.25, -0.2) is 4.74 Å². The molecule has 0 heterocycles. The Morgan fingerprint density at radius 1 is 1.20 bits per heavy atom. The molecule has 1 fully saturated rings. The van der Waals surface area contributed by atoms with Crippen molar-refractivity contribution >= 4 is 5.71 Å². The molecule has 3 nitrogen and oxygen atoms in total. The summed E-state index contributed by atoms with van der Waals surface area (Å²) in [5.41, 5.74) is 0.688. The van der Waals surface area contributed by atoms with Crippen molar-refractivity contribution in [2.45, 2.75) is 52.0 Å². The Kier molecular flexibility index (Phi) is 4.44. The lowest BCUT2D eigenvalue weighted by molar-refractivity contribution is -0.508. The van der Waals surface area contributed by atoms with Gasteiger partial charge in [0.2, 0.25) is 5.71 Å². The van der Waals surface area contributed by atoms with Gasteiger partial charge in [0.25, 0.3) is 0 Å². The van der Waals surface area contributed by atoms with Gasteiger partial charge in [-0.05, 0) is 38.8 Å². The summed E-state index contributed by atoms with van der Waals surface area (Å²) in [7, 11) is 0. The number of nitrogens with zero attached hydrogens (tertiary/aromatic N) is 2. The average Bonchev–Trinajstić information content (AvgIpc) is 2.49. The van der Waals surface area contributed by atoms with Crippen LogP contribution in [0.15, 0.2) is 30.3 Å². The summed E-state index contributed by atoms with van der Waals surface area (Å²) in [5, 5.41) is 22.3. The van der Waals surface area contributed by atoms with Crippen LogP contribution in [0.5, 0.6) is 0 Å². The predicted octanol–water partition coefficient (Wildman–Crippen LogP) is 3.87. The van der Waals surface area contributed by atoms with Crippen molar-refractivity contribution in [3.63, 3.8) is 0 Å². The molecule has 1 aliphatic carbocycles. The summed E-state index contributed by atoms with van der Waals surface area (Å²) in [6.45, 7) is 3.64. The lowest BCUT2D eigenvalue weighted by Crippen LogP contribution is -2.37. The average molecular weight is 270 g/mol. The lowest BCUT2D eigenvalue weighted by atomic mass is 9.84. The van der Waals surface area contributed by atoms with Crippen molar-refractivity contribution in [3.05, 3.63) is 41.1 Å². The van der Waals surface area contributed by atoms with Crippen LogP contribution >= 0.6 is 0 Å². The molecule has 0 N–H and O–H groups in total. The van der Waals surface area contributed by atoms with Crippen LogP contribution in [0.1, 0.15) is 51.5 Å². The van der Waals surface area contributed by atoms with E-state index in [9.17, 15) is 10.5 Å². The van der Waals surface area contributed by atoms with E-state index < -0.39 is 5.41 Å². The SMILES string of the molecule is CC(C)(C#N)/C(c1ccccc1)=[N+](\[O-])C1CCCCC1. The zero-order valence-electron chi connectivity index (χ0n) is 12.3. The van der Waals surface area contributed by atoms with Crippen molar-refractivity contribution in [3.8, 4) is 6.07 Å². The highest BCUT2D eigenvalue weighted by Crippen LogP contribution is 2.26. The number of nitriles is 1. The van der Waals surface area contributed by atoms with Crippen LogP contribution in [0.4, 0.5) is 0 Å². The van der Waals surface area contributed by atoms with E-state index in [2.05, 4.69) is 6.07 Å². The molecule has 106 valence electrons. The Morgan fingerprint density at radius 2 is 1.80 bits per heavy atom. The maximum Gasteiger partial charge on any atom is 0.214 e. The fourth-order valence-corrected chi connectivity index (χ4v) is 2.91. The molecule has 0 spiro atoms. The first-order valence-electron chi connectivity index (χ1n) is 7.37. The monoisotopic (exact) mass is 270 g/mol. The largest absolute Gasteiger partial charge is 0.623 e. The van der Waals surface area contributed by atoms with E-state index >= 15 is 0 Å². The first-order chi connectivity index (χ1) is 9.56. The fraction of sp³-hybridized carbons (Fsp3) is 0.529. The molecule has 0 saturated heterocycles. The highest BCUT2D eigenvalue weighted by Gasteiger charge is 2.36. The zero-order chi connectivity index (χ0) is 14.6. The van der Waals surface area contributed by atoms with E-state index in [1.807, 2.05) is 44.2 Å². The summed E-state index contributed by atoms with van der Waals surface area (Å²) in [6, 6.07) is 11.9. The molecule has 0 amide bonds. The molecule has 1 aliphatic rings. The van der Waals surface area contributed by atoms with E-state index in [0.29, 0.717) is 5.71 Å². The fourth-order valence-electron chi connectivity index (χ4n) is 2.91. The highest BCUT2D eigenvalue weighted by molar-refractivity contribution is 6.02. The third-order valence-corrected chi connectivity index (χ3v) is 4.05. The number of hydrogen-bond acceptors (Lipinski definition) is 2. The molecule has 0 aromatic heterocycles. The number of hydroxylamine groups is 1. The van der Waals surface area contributed by atoms with E-state index in [1.165, 1.54) is 6.42 Å². The molecule has 0 bridgehead atoms. The maximum absolute atomic E-state index is 12.8. The van der Waals surface area contributed by atoms with Crippen LogP contribution in [0, 0.1) is 22.0 Å². The quantitative estimate of drug-likeness (QED) is 0.362. The van der Waals surface area contributed by atoms with Gasteiger partial charge in [0.05, 0.1) is 6.07 Å². The molecule has 1 aromatic carbocycles. The Morgan fingerprint density at radius 3 is 2.35 bits per heavy atom. The molecule has 0 unspecified atom stereocenters. The van der Waals surface area contributed by atoms with Gasteiger partial charge in [-0.15, -0.1) is 0 Å². The van der Waals surface area contributed by atoms with Gasteiger partial charge in [-0.3, -0.25) is 0 Å². The third kappa shape index (κ3) is 3.01. The van der Waals surface area contributed by atoms with E-state index in [4.69, 9.17) is 0 Å². The van der Waals surface area contributed by atoms with Gasteiger partial charge < -0.3 is 5.21 Å². The molecular formula is C17H22N2O. The molecule has 3 heteroatoms. The Bertz CT molecular complexity index is 520. The van der Waals surface area contributed by atoms with E-state index in [-0.39, 0.29) is 6.04 Å². The van der Waals surface area contributed by atoms with Crippen molar-refractivity contribution in [2.75, 3.05) is 0 Å². The van der Waals surface area contributed by atoms with Crippen LogP contribution in [0.3, 0.4) is 0 Å².